The molecular weight excluding hydrogens is 358 g/mol. The molecule has 2 aromatic carbocycles. The summed E-state index contributed by atoms with van der Waals surface area (Å²) in [5, 5.41) is 1.34. The second-order valence-electron chi connectivity index (χ2n) is 8.42. The molecule has 1 aliphatic rings. The molecule has 0 spiro atoms. The maximum absolute atomic E-state index is 12.3. The summed E-state index contributed by atoms with van der Waals surface area (Å²) in [4.78, 5) is 16.1. The van der Waals surface area contributed by atoms with Gasteiger partial charge in [-0.3, -0.25) is 4.79 Å². The van der Waals surface area contributed by atoms with E-state index in [1.54, 1.807) is 0 Å². The van der Waals surface area contributed by atoms with Crippen LogP contribution in [0.4, 0.5) is 0 Å². The third-order valence-corrected chi connectivity index (χ3v) is 6.96. The molecule has 1 heterocycles. The number of rotatable bonds is 6. The number of aryl methyl sites for hydroxylation is 1. The van der Waals surface area contributed by atoms with Crippen molar-refractivity contribution >= 4 is 16.9 Å². The van der Waals surface area contributed by atoms with E-state index in [1.165, 1.54) is 40.4 Å². The molecule has 1 N–H and O–H groups in total. The Morgan fingerprint density at radius 1 is 1.14 bits per heavy atom. The van der Waals surface area contributed by atoms with Gasteiger partial charge in [-0.25, -0.2) is 0 Å². The lowest BCUT2D eigenvalue weighted by Gasteiger charge is -2.39. The van der Waals surface area contributed by atoms with E-state index in [0.29, 0.717) is 12.3 Å². The van der Waals surface area contributed by atoms with E-state index in [4.69, 9.17) is 4.74 Å². The molecule has 1 aliphatic carbocycles. The van der Waals surface area contributed by atoms with Crippen molar-refractivity contribution in [2.45, 2.75) is 63.7 Å². The maximum Gasteiger partial charge on any atom is 0.306 e. The molecule has 2 atom stereocenters. The van der Waals surface area contributed by atoms with Gasteiger partial charge >= 0.3 is 5.97 Å². The van der Waals surface area contributed by atoms with Crippen LogP contribution in [0.3, 0.4) is 0 Å². The van der Waals surface area contributed by atoms with Crippen molar-refractivity contribution in [3.05, 3.63) is 70.9 Å². The molecule has 0 saturated heterocycles. The van der Waals surface area contributed by atoms with E-state index in [0.717, 1.165) is 32.1 Å². The Morgan fingerprint density at radius 3 is 2.62 bits per heavy atom. The number of carbonyl (C=O) groups excluding carboxylic acids is 1. The first-order valence-electron chi connectivity index (χ1n) is 10.9. The van der Waals surface area contributed by atoms with Crippen molar-refractivity contribution in [3.8, 4) is 0 Å². The Labute approximate surface area is 173 Å². The molecule has 1 aromatic heterocycles. The normalized spacial score (nSPS) is 21.1. The number of ether oxygens (including phenoxy) is 1. The van der Waals surface area contributed by atoms with E-state index < -0.39 is 0 Å². The van der Waals surface area contributed by atoms with E-state index in [9.17, 15) is 4.79 Å². The van der Waals surface area contributed by atoms with Crippen LogP contribution in [0.15, 0.2) is 48.5 Å². The van der Waals surface area contributed by atoms with Crippen LogP contribution in [-0.4, -0.2) is 18.1 Å². The lowest BCUT2D eigenvalue weighted by atomic mass is 9.65. The fourth-order valence-electron chi connectivity index (χ4n) is 5.26. The molecule has 0 radical (unpaired) electrons. The van der Waals surface area contributed by atoms with Crippen molar-refractivity contribution < 1.29 is 9.53 Å². The maximum atomic E-state index is 12.3. The smallest absolute Gasteiger partial charge is 0.306 e. The Morgan fingerprint density at radius 2 is 1.93 bits per heavy atom. The SMILES string of the molecule is CCc1cccc2c3c([nH]c12)C(CC)(CC(=O)OC)CCC3Cc1ccccc1. The number of benzene rings is 2. The van der Waals surface area contributed by atoms with Crippen molar-refractivity contribution in [2.24, 2.45) is 0 Å². The predicted molar refractivity (Wildman–Crippen MR) is 118 cm³/mol. The molecule has 0 amide bonds. The summed E-state index contributed by atoms with van der Waals surface area (Å²) in [5.41, 5.74) is 6.51. The number of methoxy groups -OCH3 is 1. The monoisotopic (exact) mass is 389 g/mol. The minimum absolute atomic E-state index is 0.117. The number of H-pyrrole nitrogens is 1. The Bertz CT molecular complexity index is 1000. The molecule has 2 unspecified atom stereocenters. The lowest BCUT2D eigenvalue weighted by molar-refractivity contribution is -0.142. The van der Waals surface area contributed by atoms with Gasteiger partial charge in [0.2, 0.25) is 0 Å². The highest BCUT2D eigenvalue weighted by atomic mass is 16.5. The summed E-state index contributed by atoms with van der Waals surface area (Å²) in [6.07, 6.45) is 5.51. The Hall–Kier alpha value is -2.55. The van der Waals surface area contributed by atoms with Crippen molar-refractivity contribution in [3.63, 3.8) is 0 Å². The molecular formula is C26H31NO2. The zero-order valence-corrected chi connectivity index (χ0v) is 17.8. The predicted octanol–water partition coefficient (Wildman–Crippen LogP) is 6.06. The van der Waals surface area contributed by atoms with Gasteiger partial charge in [-0.1, -0.05) is 62.4 Å². The summed E-state index contributed by atoms with van der Waals surface area (Å²) in [7, 11) is 1.49. The molecule has 29 heavy (non-hydrogen) atoms. The summed E-state index contributed by atoms with van der Waals surface area (Å²) in [6.45, 7) is 4.41. The second-order valence-corrected chi connectivity index (χ2v) is 8.42. The van der Waals surface area contributed by atoms with Gasteiger partial charge in [-0.2, -0.15) is 0 Å². The number of aromatic amines is 1. The first kappa shape index (κ1) is 19.8. The first-order chi connectivity index (χ1) is 14.1. The molecule has 4 rings (SSSR count). The summed E-state index contributed by atoms with van der Waals surface area (Å²) >= 11 is 0. The van der Waals surface area contributed by atoms with E-state index >= 15 is 0 Å². The largest absolute Gasteiger partial charge is 0.469 e. The van der Waals surface area contributed by atoms with Crippen molar-refractivity contribution in [1.82, 2.24) is 4.98 Å². The van der Waals surface area contributed by atoms with Crippen LogP contribution in [-0.2, 0) is 27.8 Å². The van der Waals surface area contributed by atoms with Crippen LogP contribution in [0.1, 0.15) is 67.8 Å². The number of hydrogen-bond donors (Lipinski definition) is 1. The molecule has 0 bridgehead atoms. The molecule has 3 heteroatoms. The summed E-state index contributed by atoms with van der Waals surface area (Å²) < 4.78 is 5.08. The van der Waals surface area contributed by atoms with E-state index in [-0.39, 0.29) is 11.4 Å². The van der Waals surface area contributed by atoms with Gasteiger partial charge in [0.25, 0.3) is 0 Å². The molecule has 0 aliphatic heterocycles. The highest BCUT2D eigenvalue weighted by Gasteiger charge is 2.43. The van der Waals surface area contributed by atoms with Crippen LogP contribution in [0, 0.1) is 0 Å². The molecule has 0 fully saturated rings. The van der Waals surface area contributed by atoms with Crippen LogP contribution >= 0.6 is 0 Å². The third kappa shape index (κ3) is 3.48. The van der Waals surface area contributed by atoms with Gasteiger partial charge in [0, 0.05) is 22.0 Å². The highest BCUT2D eigenvalue weighted by molar-refractivity contribution is 5.89. The average molecular weight is 390 g/mol. The third-order valence-electron chi connectivity index (χ3n) is 6.96. The fraction of sp³-hybridized carbons (Fsp3) is 0.423. The molecule has 3 aromatic rings. The number of para-hydroxylation sites is 1. The standard InChI is InChI=1S/C26H31NO2/c1-4-19-12-9-13-21-23-20(16-18-10-7-6-8-11-18)14-15-26(5-2,17-22(28)29-3)25(23)27-24(19)21/h6-13,20,27H,4-5,14-17H2,1-3H3. The highest BCUT2D eigenvalue weighted by Crippen LogP contribution is 2.50. The minimum atomic E-state index is -0.167. The van der Waals surface area contributed by atoms with Crippen molar-refractivity contribution in [1.29, 1.82) is 0 Å². The van der Waals surface area contributed by atoms with Gasteiger partial charge in [0.05, 0.1) is 13.5 Å². The van der Waals surface area contributed by atoms with Gasteiger partial charge in [0.1, 0.15) is 0 Å². The second kappa shape index (κ2) is 8.06. The quantitative estimate of drug-likeness (QED) is 0.521. The topological polar surface area (TPSA) is 42.1 Å². The molecule has 3 nitrogen and oxygen atoms in total. The van der Waals surface area contributed by atoms with Gasteiger partial charge in [-0.05, 0) is 54.7 Å². The number of aromatic nitrogens is 1. The van der Waals surface area contributed by atoms with Crippen LogP contribution < -0.4 is 0 Å². The molecule has 152 valence electrons. The Balaban J connectivity index is 1.88. The lowest BCUT2D eigenvalue weighted by Crippen LogP contribution is -2.35. The van der Waals surface area contributed by atoms with Crippen LogP contribution in [0.25, 0.3) is 10.9 Å². The van der Waals surface area contributed by atoms with Crippen LogP contribution in [0.2, 0.25) is 0 Å². The zero-order chi connectivity index (χ0) is 20.4. The number of hydrogen-bond acceptors (Lipinski definition) is 2. The molecule has 0 saturated carbocycles. The van der Waals surface area contributed by atoms with Gasteiger partial charge in [-0.15, -0.1) is 0 Å². The van der Waals surface area contributed by atoms with E-state index in [2.05, 4.69) is 67.4 Å². The summed E-state index contributed by atoms with van der Waals surface area (Å²) in [5.74, 6) is 0.347. The fourth-order valence-corrected chi connectivity index (χ4v) is 5.26. The minimum Gasteiger partial charge on any atom is -0.469 e. The van der Waals surface area contributed by atoms with Gasteiger partial charge < -0.3 is 9.72 Å². The van der Waals surface area contributed by atoms with Crippen molar-refractivity contribution in [2.75, 3.05) is 7.11 Å². The van der Waals surface area contributed by atoms with E-state index in [1.807, 2.05) is 0 Å². The number of nitrogens with one attached hydrogen (secondary N) is 1. The number of carbonyl (C=O) groups is 1. The number of esters is 1. The summed E-state index contributed by atoms with van der Waals surface area (Å²) in [6, 6.07) is 17.4. The zero-order valence-electron chi connectivity index (χ0n) is 17.8. The van der Waals surface area contributed by atoms with Gasteiger partial charge in [0.15, 0.2) is 0 Å². The first-order valence-corrected chi connectivity index (χ1v) is 10.9. The number of fused-ring (bicyclic) bond motifs is 3. The van der Waals surface area contributed by atoms with Crippen LogP contribution in [0.5, 0.6) is 0 Å². The Kier molecular flexibility index (Phi) is 5.49. The average Bonchev–Trinajstić information content (AvgIpc) is 3.17.